The summed E-state index contributed by atoms with van der Waals surface area (Å²) in [4.78, 5) is 22.1. The fraction of sp³-hybridized carbons (Fsp3) is 0.136. The molecular formula is C44H34N4S. The van der Waals surface area contributed by atoms with E-state index in [-0.39, 0.29) is 0 Å². The monoisotopic (exact) mass is 650 g/mol. The van der Waals surface area contributed by atoms with Crippen molar-refractivity contribution in [1.29, 1.82) is 0 Å². The summed E-state index contributed by atoms with van der Waals surface area (Å²) in [6.07, 6.45) is 17.8. The Morgan fingerprint density at radius 2 is 1.57 bits per heavy atom. The lowest BCUT2D eigenvalue weighted by molar-refractivity contribution is 0.684. The number of dihydropyridines is 1. The van der Waals surface area contributed by atoms with Crippen LogP contribution in [0.25, 0.3) is 39.5 Å². The zero-order chi connectivity index (χ0) is 32.9. The highest BCUT2D eigenvalue weighted by atomic mass is 32.2. The molecule has 3 aromatic carbocycles. The Morgan fingerprint density at radius 3 is 2.31 bits per heavy atom. The number of aliphatic imine (C=N–C) groups is 2. The van der Waals surface area contributed by atoms with Gasteiger partial charge in [0.2, 0.25) is 0 Å². The molecule has 3 aliphatic carbocycles. The van der Waals surface area contributed by atoms with Crippen molar-refractivity contribution in [2.75, 3.05) is 7.05 Å². The zero-order valence-corrected chi connectivity index (χ0v) is 28.1. The number of hydrogen-bond donors (Lipinski definition) is 0. The van der Waals surface area contributed by atoms with Gasteiger partial charge < -0.3 is 0 Å². The van der Waals surface area contributed by atoms with Crippen molar-refractivity contribution < 1.29 is 0 Å². The summed E-state index contributed by atoms with van der Waals surface area (Å²) in [5.74, 6) is 3.45. The van der Waals surface area contributed by atoms with E-state index in [4.69, 9.17) is 16.5 Å². The molecule has 1 saturated carbocycles. The number of rotatable bonds is 6. The molecule has 2 aliphatic heterocycles. The van der Waals surface area contributed by atoms with Crippen LogP contribution in [0, 0.1) is 17.8 Å². The fourth-order valence-corrected chi connectivity index (χ4v) is 8.84. The van der Waals surface area contributed by atoms with E-state index < -0.39 is 0 Å². The summed E-state index contributed by atoms with van der Waals surface area (Å²) < 4.78 is 0. The summed E-state index contributed by atoms with van der Waals surface area (Å²) in [5.41, 5.74) is 11.8. The molecule has 0 spiro atoms. The summed E-state index contributed by atoms with van der Waals surface area (Å²) >= 11 is 1.96. The fourth-order valence-electron chi connectivity index (χ4n) is 7.47. The molecule has 4 aromatic rings. The standard InChI is InChI=1S/C44H34N4S/c1-27(32-19-21-34-40(25-32)49-39-22-20-33-24-36(33)42(34)39)41(35-14-9-23-46-44(35)45-2)30-17-15-29(16-18-30)38-26-37(28-10-5-3-6-11-28)47-43(48-38)31-12-7-4-8-13-31/h3-20,22-23,25-26,33-34,36H,1,21,24H2,2H3/b41-35+,45-44?/t33?,34?,36-/m1/s1. The third kappa shape index (κ3) is 5.44. The van der Waals surface area contributed by atoms with Crippen LogP contribution < -0.4 is 0 Å². The highest BCUT2D eigenvalue weighted by Crippen LogP contribution is 2.62. The van der Waals surface area contributed by atoms with E-state index in [0.717, 1.165) is 68.6 Å². The smallest absolute Gasteiger partial charge is 0.160 e. The molecule has 5 heteroatoms. The maximum atomic E-state index is 5.05. The normalized spacial score (nSPS) is 23.4. The highest BCUT2D eigenvalue weighted by molar-refractivity contribution is 8.07. The van der Waals surface area contributed by atoms with Gasteiger partial charge in [-0.05, 0) is 81.7 Å². The van der Waals surface area contributed by atoms with Crippen LogP contribution in [0.1, 0.15) is 18.4 Å². The summed E-state index contributed by atoms with van der Waals surface area (Å²) in [5, 5.41) is 0. The van der Waals surface area contributed by atoms with Crippen LogP contribution >= 0.6 is 11.8 Å². The molecule has 9 rings (SSSR count). The molecule has 0 saturated heterocycles. The second-order valence-electron chi connectivity index (χ2n) is 13.0. The average molecular weight is 651 g/mol. The summed E-state index contributed by atoms with van der Waals surface area (Å²) in [6, 6.07) is 31.2. The number of aromatic nitrogens is 2. The van der Waals surface area contributed by atoms with Crippen molar-refractivity contribution in [2.24, 2.45) is 27.7 Å². The van der Waals surface area contributed by atoms with Crippen LogP contribution in [0.15, 0.2) is 176 Å². The lowest BCUT2D eigenvalue weighted by Gasteiger charge is -2.24. The number of hydrogen-bond acceptors (Lipinski definition) is 4. The first-order valence-corrected chi connectivity index (χ1v) is 17.7. The van der Waals surface area contributed by atoms with Gasteiger partial charge in [-0.25, -0.2) is 15.0 Å². The summed E-state index contributed by atoms with van der Waals surface area (Å²) in [6.45, 7) is 4.73. The predicted octanol–water partition coefficient (Wildman–Crippen LogP) is 10.5. The molecule has 3 heterocycles. The van der Waals surface area contributed by atoms with E-state index in [1.165, 1.54) is 21.8 Å². The van der Waals surface area contributed by atoms with Gasteiger partial charge in [0.25, 0.3) is 0 Å². The SMILES string of the molecule is C=C(C1=CCC2C(=C1)SC1=C2[C@@H]2CC2C=C1)/C(=C1/C=CC=NC1=NC)c1ccc(-c2cc(-c3ccccc3)nc(-c3ccccc3)n2)cc1. The number of allylic oxidation sites excluding steroid dienone is 10. The lowest BCUT2D eigenvalue weighted by Crippen LogP contribution is -2.11. The lowest BCUT2D eigenvalue weighted by atomic mass is 9.81. The maximum absolute atomic E-state index is 5.05. The van der Waals surface area contributed by atoms with Gasteiger partial charge in [0.05, 0.1) is 11.4 Å². The second-order valence-corrected chi connectivity index (χ2v) is 14.1. The minimum absolute atomic E-state index is 0.522. The van der Waals surface area contributed by atoms with Crippen molar-refractivity contribution in [3.05, 3.63) is 172 Å². The maximum Gasteiger partial charge on any atom is 0.160 e. The largest absolute Gasteiger partial charge is 0.270 e. The van der Waals surface area contributed by atoms with E-state index in [9.17, 15) is 0 Å². The van der Waals surface area contributed by atoms with Crippen LogP contribution in [0.5, 0.6) is 0 Å². The molecule has 49 heavy (non-hydrogen) atoms. The Balaban J connectivity index is 1.09. The first-order chi connectivity index (χ1) is 24.1. The topological polar surface area (TPSA) is 50.5 Å². The molecule has 1 fully saturated rings. The van der Waals surface area contributed by atoms with Crippen LogP contribution in [0.4, 0.5) is 0 Å². The van der Waals surface area contributed by atoms with E-state index >= 15 is 0 Å². The third-order valence-electron chi connectivity index (χ3n) is 10.1. The second kappa shape index (κ2) is 12.2. The quantitative estimate of drug-likeness (QED) is 0.209. The Hall–Kier alpha value is -5.39. The molecule has 236 valence electrons. The highest BCUT2D eigenvalue weighted by Gasteiger charge is 2.47. The molecule has 2 unspecified atom stereocenters. The van der Waals surface area contributed by atoms with Gasteiger partial charge in [0, 0.05) is 46.3 Å². The van der Waals surface area contributed by atoms with Gasteiger partial charge in [0.15, 0.2) is 11.7 Å². The zero-order valence-electron chi connectivity index (χ0n) is 27.3. The molecule has 4 nitrogen and oxygen atoms in total. The van der Waals surface area contributed by atoms with Crippen LogP contribution in [-0.2, 0) is 0 Å². The molecule has 5 aliphatic rings. The van der Waals surface area contributed by atoms with Crippen molar-refractivity contribution in [3.8, 4) is 33.9 Å². The van der Waals surface area contributed by atoms with Gasteiger partial charge in [-0.2, -0.15) is 0 Å². The Bertz CT molecular complexity index is 2210. The Morgan fingerprint density at radius 1 is 0.857 bits per heavy atom. The van der Waals surface area contributed by atoms with Gasteiger partial charge in [-0.1, -0.05) is 121 Å². The first kappa shape index (κ1) is 29.7. The van der Waals surface area contributed by atoms with Crippen LogP contribution in [-0.4, -0.2) is 29.1 Å². The van der Waals surface area contributed by atoms with Gasteiger partial charge in [0.1, 0.15) is 0 Å². The van der Waals surface area contributed by atoms with Gasteiger partial charge in [-0.3, -0.25) is 4.99 Å². The molecule has 1 aromatic heterocycles. The molecule has 0 radical (unpaired) electrons. The number of thioether (sulfide) groups is 1. The number of fused-ring (bicyclic) bond motifs is 4. The summed E-state index contributed by atoms with van der Waals surface area (Å²) in [7, 11) is 1.80. The van der Waals surface area contributed by atoms with E-state index in [0.29, 0.717) is 17.6 Å². The molecule has 0 N–H and O–H groups in total. The van der Waals surface area contributed by atoms with Gasteiger partial charge >= 0.3 is 0 Å². The van der Waals surface area contributed by atoms with E-state index in [1.54, 1.807) is 18.8 Å². The van der Waals surface area contributed by atoms with Crippen LogP contribution in [0.2, 0.25) is 0 Å². The average Bonchev–Trinajstić information content (AvgIpc) is 3.87. The first-order valence-electron chi connectivity index (χ1n) is 16.9. The third-order valence-corrected chi connectivity index (χ3v) is 11.3. The number of amidine groups is 1. The van der Waals surface area contributed by atoms with E-state index in [2.05, 4.69) is 95.0 Å². The Kier molecular flexibility index (Phi) is 7.43. The van der Waals surface area contributed by atoms with Crippen molar-refractivity contribution in [2.45, 2.75) is 12.8 Å². The van der Waals surface area contributed by atoms with Crippen molar-refractivity contribution in [3.63, 3.8) is 0 Å². The van der Waals surface area contributed by atoms with Crippen molar-refractivity contribution >= 4 is 29.4 Å². The minimum atomic E-state index is 0.522. The number of nitrogens with zero attached hydrogens (tertiary/aromatic N) is 4. The molecule has 3 atom stereocenters. The predicted molar refractivity (Wildman–Crippen MR) is 205 cm³/mol. The Labute approximate surface area is 291 Å². The minimum Gasteiger partial charge on any atom is -0.270 e. The van der Waals surface area contributed by atoms with E-state index in [1.807, 2.05) is 54.2 Å². The van der Waals surface area contributed by atoms with Crippen molar-refractivity contribution in [1.82, 2.24) is 9.97 Å². The molecule has 0 amide bonds. The molecular weight excluding hydrogens is 617 g/mol. The molecule has 0 bridgehead atoms. The number of benzene rings is 3. The van der Waals surface area contributed by atoms with Gasteiger partial charge in [-0.15, -0.1) is 0 Å². The van der Waals surface area contributed by atoms with Crippen LogP contribution in [0.3, 0.4) is 0 Å².